The lowest BCUT2D eigenvalue weighted by Gasteiger charge is -2.35. The summed E-state index contributed by atoms with van der Waals surface area (Å²) in [5, 5.41) is 9.85. The molecule has 0 aliphatic carbocycles. The summed E-state index contributed by atoms with van der Waals surface area (Å²) in [6.07, 6.45) is 0. The molecule has 1 fully saturated rings. The number of aromatic amines is 1. The number of likely N-dealkylation sites (N-methyl/N-ethyl adjacent to an activating group) is 1. The monoisotopic (exact) mass is 586 g/mol. The van der Waals surface area contributed by atoms with Crippen LogP contribution >= 0.6 is 0 Å². The Labute approximate surface area is 235 Å². The molecule has 41 heavy (non-hydrogen) atoms. The number of benzene rings is 3. The fourth-order valence-corrected chi connectivity index (χ4v) is 6.10. The number of fused-ring (bicyclic) bond motifs is 1. The zero-order valence-electron chi connectivity index (χ0n) is 22.3. The van der Waals surface area contributed by atoms with Crippen LogP contribution < -0.4 is 15.1 Å². The summed E-state index contributed by atoms with van der Waals surface area (Å²) in [6, 6.07) is 13.9. The SMILES string of the molecule is CN1CCN(c2ccc(C(=O)Nc3n[nH]c4ccc(S(=O)(=O)c5cccc(F)c5)cc34)c(N(CF)CCF)c2)CC1. The fourth-order valence-electron chi connectivity index (χ4n) is 4.78. The van der Waals surface area contributed by atoms with E-state index in [0.29, 0.717) is 10.9 Å². The number of rotatable bonds is 9. The van der Waals surface area contributed by atoms with Crippen LogP contribution in [0.5, 0.6) is 0 Å². The quantitative estimate of drug-likeness (QED) is 0.283. The maximum absolute atomic E-state index is 14.0. The van der Waals surface area contributed by atoms with Crippen LogP contribution in [0.2, 0.25) is 0 Å². The van der Waals surface area contributed by atoms with Crippen LogP contribution in [-0.2, 0) is 9.84 Å². The largest absolute Gasteiger partial charge is 0.369 e. The van der Waals surface area contributed by atoms with Crippen molar-refractivity contribution < 1.29 is 26.4 Å². The van der Waals surface area contributed by atoms with Crippen LogP contribution in [0, 0.1) is 5.82 Å². The lowest BCUT2D eigenvalue weighted by molar-refractivity contribution is 0.102. The van der Waals surface area contributed by atoms with Crippen LogP contribution in [0.4, 0.5) is 30.4 Å². The van der Waals surface area contributed by atoms with E-state index < -0.39 is 35.0 Å². The molecule has 216 valence electrons. The molecule has 1 saturated heterocycles. The third kappa shape index (κ3) is 5.86. The number of alkyl halides is 2. The average Bonchev–Trinajstić information content (AvgIpc) is 3.37. The number of piperazine rings is 1. The number of anilines is 3. The molecule has 0 unspecified atom stereocenters. The molecule has 1 aliphatic heterocycles. The molecule has 0 saturated carbocycles. The molecule has 0 spiro atoms. The van der Waals surface area contributed by atoms with E-state index in [9.17, 15) is 26.4 Å². The van der Waals surface area contributed by atoms with Crippen LogP contribution in [0.1, 0.15) is 10.4 Å². The van der Waals surface area contributed by atoms with Gasteiger partial charge in [-0.2, -0.15) is 5.10 Å². The fraction of sp³-hybridized carbons (Fsp3) is 0.286. The minimum atomic E-state index is -4.06. The van der Waals surface area contributed by atoms with Crippen molar-refractivity contribution in [2.24, 2.45) is 0 Å². The van der Waals surface area contributed by atoms with Crippen molar-refractivity contribution in [1.82, 2.24) is 15.1 Å². The summed E-state index contributed by atoms with van der Waals surface area (Å²) in [7, 11) is -2.03. The minimum absolute atomic E-state index is 0.0488. The number of carbonyl (C=O) groups excluding carboxylic acids is 1. The highest BCUT2D eigenvalue weighted by Crippen LogP contribution is 2.31. The van der Waals surface area contributed by atoms with Crippen molar-refractivity contribution in [1.29, 1.82) is 0 Å². The first-order valence-electron chi connectivity index (χ1n) is 13.0. The summed E-state index contributed by atoms with van der Waals surface area (Å²) in [5.41, 5.74) is 1.58. The van der Waals surface area contributed by atoms with Gasteiger partial charge in [-0.25, -0.2) is 21.6 Å². The number of aromatic nitrogens is 2. The maximum Gasteiger partial charge on any atom is 0.258 e. The van der Waals surface area contributed by atoms with Crippen LogP contribution in [0.25, 0.3) is 10.9 Å². The molecule has 13 heteroatoms. The van der Waals surface area contributed by atoms with Gasteiger partial charge in [0.2, 0.25) is 9.84 Å². The van der Waals surface area contributed by atoms with Gasteiger partial charge in [-0.15, -0.1) is 0 Å². The first kappa shape index (κ1) is 28.4. The van der Waals surface area contributed by atoms with E-state index in [0.717, 1.165) is 48.9 Å². The molecular formula is C28H29F3N6O3S. The second kappa shape index (κ2) is 11.8. The first-order valence-corrected chi connectivity index (χ1v) is 14.4. The second-order valence-corrected chi connectivity index (χ2v) is 11.7. The molecule has 2 heterocycles. The lowest BCUT2D eigenvalue weighted by atomic mass is 10.1. The van der Waals surface area contributed by atoms with E-state index in [1.165, 1.54) is 30.3 Å². The highest BCUT2D eigenvalue weighted by molar-refractivity contribution is 7.91. The molecule has 1 aliphatic rings. The molecule has 0 bridgehead atoms. The molecule has 3 aromatic carbocycles. The lowest BCUT2D eigenvalue weighted by Crippen LogP contribution is -2.44. The van der Waals surface area contributed by atoms with Crippen molar-refractivity contribution in [3.63, 3.8) is 0 Å². The van der Waals surface area contributed by atoms with Crippen molar-refractivity contribution in [2.75, 3.05) is 68.4 Å². The van der Waals surface area contributed by atoms with Gasteiger partial charge in [0, 0.05) is 43.8 Å². The Morgan fingerprint density at radius 1 is 1.02 bits per heavy atom. The van der Waals surface area contributed by atoms with Gasteiger partial charge in [0.15, 0.2) is 12.6 Å². The third-order valence-electron chi connectivity index (χ3n) is 7.12. The van der Waals surface area contributed by atoms with Gasteiger partial charge in [0.05, 0.1) is 26.6 Å². The number of halogens is 3. The number of amides is 1. The van der Waals surface area contributed by atoms with Gasteiger partial charge in [-0.1, -0.05) is 6.07 Å². The molecular weight excluding hydrogens is 557 g/mol. The predicted octanol–water partition coefficient (Wildman–Crippen LogP) is 4.24. The van der Waals surface area contributed by atoms with Gasteiger partial charge < -0.3 is 20.0 Å². The van der Waals surface area contributed by atoms with E-state index >= 15 is 0 Å². The molecule has 2 N–H and O–H groups in total. The standard InChI is InChI=1S/C28H29F3N6O3S/c1-35-11-13-36(14-12-35)20-5-7-23(26(16-20)37(18-30)10-9-29)28(38)32-27-24-17-22(6-8-25(24)33-34-27)41(39,40)21-4-2-3-19(31)15-21/h2-8,15-17H,9-14,18H2,1H3,(H2,32,33,34,38). The van der Waals surface area contributed by atoms with Crippen molar-refractivity contribution >= 4 is 43.8 Å². The third-order valence-corrected chi connectivity index (χ3v) is 8.87. The Morgan fingerprint density at radius 3 is 2.49 bits per heavy atom. The maximum atomic E-state index is 14.0. The zero-order valence-corrected chi connectivity index (χ0v) is 23.1. The van der Waals surface area contributed by atoms with Gasteiger partial charge in [-0.05, 0) is 61.6 Å². The van der Waals surface area contributed by atoms with E-state index in [4.69, 9.17) is 0 Å². The number of hydrogen-bond donors (Lipinski definition) is 2. The summed E-state index contributed by atoms with van der Waals surface area (Å²) < 4.78 is 67.3. The molecule has 4 aromatic rings. The van der Waals surface area contributed by atoms with Gasteiger partial charge in [0.1, 0.15) is 12.5 Å². The Kier molecular flexibility index (Phi) is 8.18. The molecule has 0 radical (unpaired) electrons. The average molecular weight is 587 g/mol. The number of carbonyl (C=O) groups is 1. The smallest absolute Gasteiger partial charge is 0.258 e. The normalized spacial score (nSPS) is 14.4. The van der Waals surface area contributed by atoms with Crippen LogP contribution in [0.3, 0.4) is 0 Å². The topological polar surface area (TPSA) is 102 Å². The van der Waals surface area contributed by atoms with Crippen molar-refractivity contribution in [3.05, 3.63) is 72.0 Å². The Morgan fingerprint density at radius 2 is 1.78 bits per heavy atom. The van der Waals surface area contributed by atoms with Crippen LogP contribution in [0.15, 0.2) is 70.5 Å². The molecule has 5 rings (SSSR count). The van der Waals surface area contributed by atoms with Crippen LogP contribution in [-0.4, -0.2) is 82.7 Å². The number of hydrogen-bond acceptors (Lipinski definition) is 7. The Hall–Kier alpha value is -4.10. The zero-order chi connectivity index (χ0) is 29.1. The molecule has 1 aromatic heterocycles. The summed E-state index contributed by atoms with van der Waals surface area (Å²) in [6.45, 7) is 1.14. The van der Waals surface area contributed by atoms with Crippen molar-refractivity contribution in [2.45, 2.75) is 9.79 Å². The predicted molar refractivity (Wildman–Crippen MR) is 151 cm³/mol. The number of nitrogens with zero attached hydrogens (tertiary/aromatic N) is 4. The van der Waals surface area contributed by atoms with Gasteiger partial charge in [0.25, 0.3) is 5.91 Å². The van der Waals surface area contributed by atoms with Gasteiger partial charge in [-0.3, -0.25) is 9.89 Å². The van der Waals surface area contributed by atoms with E-state index in [1.54, 1.807) is 18.2 Å². The second-order valence-electron chi connectivity index (χ2n) is 9.76. The number of sulfone groups is 1. The summed E-state index contributed by atoms with van der Waals surface area (Å²) in [5.74, 6) is -1.27. The van der Waals surface area contributed by atoms with E-state index in [2.05, 4.69) is 25.3 Å². The first-order chi connectivity index (χ1) is 19.7. The van der Waals surface area contributed by atoms with E-state index in [-0.39, 0.29) is 33.4 Å². The van der Waals surface area contributed by atoms with E-state index in [1.807, 2.05) is 7.05 Å². The Bertz CT molecular complexity index is 1670. The highest BCUT2D eigenvalue weighted by Gasteiger charge is 2.24. The highest BCUT2D eigenvalue weighted by atomic mass is 32.2. The Balaban J connectivity index is 1.47. The number of nitrogens with one attached hydrogen (secondary N) is 2. The molecule has 9 nitrogen and oxygen atoms in total. The van der Waals surface area contributed by atoms with Gasteiger partial charge >= 0.3 is 0 Å². The number of H-pyrrole nitrogens is 1. The molecule has 1 amide bonds. The molecule has 0 atom stereocenters. The summed E-state index contributed by atoms with van der Waals surface area (Å²) in [4.78, 5) is 18.6. The van der Waals surface area contributed by atoms with Crippen molar-refractivity contribution in [3.8, 4) is 0 Å². The minimum Gasteiger partial charge on any atom is -0.369 e. The summed E-state index contributed by atoms with van der Waals surface area (Å²) >= 11 is 0.